The van der Waals surface area contributed by atoms with Crippen LogP contribution in [-0.4, -0.2) is 6.04 Å². The third-order valence-electron chi connectivity index (χ3n) is 3.75. The highest BCUT2D eigenvalue weighted by atomic mass is 32.2. The molecule has 0 spiro atoms. The van der Waals surface area contributed by atoms with Crippen LogP contribution in [0, 0.1) is 19.7 Å². The average molecular weight is 303 g/mol. The molecule has 2 aromatic rings. The largest absolute Gasteiger partial charge is 0.327 e. The number of hydrogen-bond acceptors (Lipinski definition) is 2. The summed E-state index contributed by atoms with van der Waals surface area (Å²) in [6.45, 7) is 6.22. The molecular formula is C18H22FNS. The molecule has 1 nitrogen and oxygen atoms in total. The number of rotatable bonds is 5. The Labute approximate surface area is 130 Å². The van der Waals surface area contributed by atoms with Crippen LogP contribution in [-0.2, 0) is 6.42 Å². The third kappa shape index (κ3) is 4.08. The van der Waals surface area contributed by atoms with Gasteiger partial charge in [0.05, 0.1) is 4.90 Å². The predicted molar refractivity (Wildman–Crippen MR) is 88.4 cm³/mol. The Balaban J connectivity index is 2.31. The van der Waals surface area contributed by atoms with Crippen molar-refractivity contribution in [3.63, 3.8) is 0 Å². The molecule has 0 aliphatic carbocycles. The van der Waals surface area contributed by atoms with E-state index in [1.165, 1.54) is 29.0 Å². The van der Waals surface area contributed by atoms with Crippen LogP contribution in [0.2, 0.25) is 0 Å². The summed E-state index contributed by atoms with van der Waals surface area (Å²) in [6, 6.07) is 11.6. The zero-order valence-electron chi connectivity index (χ0n) is 12.8. The summed E-state index contributed by atoms with van der Waals surface area (Å²) in [5.41, 5.74) is 9.50. The molecule has 0 fully saturated rings. The van der Waals surface area contributed by atoms with E-state index in [0.717, 1.165) is 16.9 Å². The van der Waals surface area contributed by atoms with Crippen LogP contribution in [0.25, 0.3) is 0 Å². The molecule has 21 heavy (non-hydrogen) atoms. The lowest BCUT2D eigenvalue weighted by Crippen LogP contribution is -2.21. The first kappa shape index (κ1) is 16.1. The maximum Gasteiger partial charge on any atom is 0.137 e. The fourth-order valence-electron chi connectivity index (χ4n) is 2.15. The van der Waals surface area contributed by atoms with Gasteiger partial charge in [-0.15, -0.1) is 0 Å². The monoisotopic (exact) mass is 303 g/mol. The number of hydrogen-bond donors (Lipinski definition) is 1. The minimum Gasteiger partial charge on any atom is -0.327 e. The van der Waals surface area contributed by atoms with E-state index in [9.17, 15) is 4.39 Å². The van der Waals surface area contributed by atoms with Crippen molar-refractivity contribution in [1.29, 1.82) is 0 Å². The molecule has 0 amide bonds. The lowest BCUT2D eigenvalue weighted by atomic mass is 10.0. The van der Waals surface area contributed by atoms with Crippen molar-refractivity contribution in [3.05, 3.63) is 58.9 Å². The van der Waals surface area contributed by atoms with E-state index >= 15 is 0 Å². The van der Waals surface area contributed by atoms with E-state index < -0.39 is 0 Å². The Hall–Kier alpha value is -1.32. The van der Waals surface area contributed by atoms with E-state index in [2.05, 4.69) is 32.9 Å². The van der Waals surface area contributed by atoms with E-state index in [4.69, 9.17) is 5.73 Å². The van der Waals surface area contributed by atoms with Crippen LogP contribution >= 0.6 is 11.8 Å². The zero-order valence-corrected chi connectivity index (χ0v) is 13.6. The number of benzene rings is 2. The first-order valence-corrected chi connectivity index (χ1v) is 8.11. The first-order valence-electron chi connectivity index (χ1n) is 7.29. The molecule has 0 saturated carbocycles. The Morgan fingerprint density at radius 2 is 1.90 bits per heavy atom. The average Bonchev–Trinajstić information content (AvgIpc) is 2.46. The lowest BCUT2D eigenvalue weighted by Gasteiger charge is -2.14. The van der Waals surface area contributed by atoms with Gasteiger partial charge in [-0.1, -0.05) is 36.9 Å². The van der Waals surface area contributed by atoms with Gasteiger partial charge in [0, 0.05) is 10.9 Å². The summed E-state index contributed by atoms with van der Waals surface area (Å²) in [4.78, 5) is 1.76. The molecule has 112 valence electrons. The highest BCUT2D eigenvalue weighted by Gasteiger charge is 2.13. The van der Waals surface area contributed by atoms with Gasteiger partial charge in [-0.25, -0.2) is 4.39 Å². The quantitative estimate of drug-likeness (QED) is 0.852. The first-order chi connectivity index (χ1) is 10.0. The highest BCUT2D eigenvalue weighted by Crippen LogP contribution is 2.34. The van der Waals surface area contributed by atoms with Crippen molar-refractivity contribution in [2.45, 2.75) is 49.4 Å². The van der Waals surface area contributed by atoms with E-state index in [0.29, 0.717) is 11.3 Å². The van der Waals surface area contributed by atoms with Crippen molar-refractivity contribution >= 4 is 11.8 Å². The molecule has 0 heterocycles. The van der Waals surface area contributed by atoms with Gasteiger partial charge in [-0.05, 0) is 61.6 Å². The van der Waals surface area contributed by atoms with Crippen molar-refractivity contribution < 1.29 is 4.39 Å². The van der Waals surface area contributed by atoms with Crippen LogP contribution in [0.5, 0.6) is 0 Å². The molecule has 0 aromatic heterocycles. The molecule has 2 aromatic carbocycles. The molecule has 0 aliphatic heterocycles. The van der Waals surface area contributed by atoms with Gasteiger partial charge >= 0.3 is 0 Å². The Morgan fingerprint density at radius 1 is 1.14 bits per heavy atom. The van der Waals surface area contributed by atoms with Gasteiger partial charge in [0.15, 0.2) is 0 Å². The molecular weight excluding hydrogens is 281 g/mol. The topological polar surface area (TPSA) is 26.0 Å². The second-order valence-corrected chi connectivity index (χ2v) is 6.53. The fraction of sp³-hybridized carbons (Fsp3) is 0.333. The van der Waals surface area contributed by atoms with Gasteiger partial charge in [0.25, 0.3) is 0 Å². The Kier molecular flexibility index (Phi) is 5.43. The van der Waals surface area contributed by atoms with Crippen molar-refractivity contribution in [3.8, 4) is 0 Å². The summed E-state index contributed by atoms with van der Waals surface area (Å²) in [7, 11) is 0. The number of nitrogens with two attached hydrogens (primary N) is 1. The minimum atomic E-state index is -0.168. The highest BCUT2D eigenvalue weighted by molar-refractivity contribution is 7.99. The van der Waals surface area contributed by atoms with Gasteiger partial charge in [-0.2, -0.15) is 0 Å². The van der Waals surface area contributed by atoms with Crippen molar-refractivity contribution in [1.82, 2.24) is 0 Å². The van der Waals surface area contributed by atoms with Crippen molar-refractivity contribution in [2.75, 3.05) is 0 Å². The molecule has 1 unspecified atom stereocenters. The van der Waals surface area contributed by atoms with Crippen LogP contribution in [0.4, 0.5) is 4.39 Å². The van der Waals surface area contributed by atoms with Crippen LogP contribution < -0.4 is 5.73 Å². The second kappa shape index (κ2) is 7.10. The van der Waals surface area contributed by atoms with Crippen molar-refractivity contribution in [2.24, 2.45) is 5.73 Å². The second-order valence-electron chi connectivity index (χ2n) is 5.45. The molecule has 2 N–H and O–H groups in total. The smallest absolute Gasteiger partial charge is 0.137 e. The molecule has 0 aliphatic rings. The predicted octanol–water partition coefficient (Wildman–Crippen LogP) is 4.87. The third-order valence-corrected chi connectivity index (χ3v) is 4.90. The van der Waals surface area contributed by atoms with Gasteiger partial charge in [0.2, 0.25) is 0 Å². The van der Waals surface area contributed by atoms with Gasteiger partial charge in [-0.3, -0.25) is 0 Å². The van der Waals surface area contributed by atoms with Gasteiger partial charge in [0.1, 0.15) is 5.82 Å². The Morgan fingerprint density at radius 3 is 2.57 bits per heavy atom. The molecule has 0 radical (unpaired) electrons. The normalized spacial score (nSPS) is 12.4. The maximum atomic E-state index is 14.2. The van der Waals surface area contributed by atoms with Crippen LogP contribution in [0.15, 0.2) is 46.2 Å². The summed E-state index contributed by atoms with van der Waals surface area (Å²) >= 11 is 1.49. The maximum absolute atomic E-state index is 14.2. The minimum absolute atomic E-state index is 0.0749. The summed E-state index contributed by atoms with van der Waals surface area (Å²) < 4.78 is 14.2. The van der Waals surface area contributed by atoms with E-state index in [-0.39, 0.29) is 11.9 Å². The van der Waals surface area contributed by atoms with E-state index in [1.54, 1.807) is 6.07 Å². The SMILES string of the molecule is CCC(N)Cc1cccc(F)c1Sc1ccc(C)c(C)c1. The summed E-state index contributed by atoms with van der Waals surface area (Å²) in [6.07, 6.45) is 1.60. The zero-order chi connectivity index (χ0) is 15.4. The molecule has 1 atom stereocenters. The molecule has 3 heteroatoms. The van der Waals surface area contributed by atoms with E-state index in [1.807, 2.05) is 12.1 Å². The number of halogens is 1. The van der Waals surface area contributed by atoms with Crippen LogP contribution in [0.1, 0.15) is 30.0 Å². The molecule has 0 saturated heterocycles. The number of aryl methyl sites for hydroxylation is 2. The fourth-order valence-corrected chi connectivity index (χ4v) is 3.21. The van der Waals surface area contributed by atoms with Crippen LogP contribution in [0.3, 0.4) is 0 Å². The lowest BCUT2D eigenvalue weighted by molar-refractivity contribution is 0.585. The summed E-state index contributed by atoms with van der Waals surface area (Å²) in [5.74, 6) is -0.168. The Bertz CT molecular complexity index is 625. The molecule has 2 rings (SSSR count). The molecule has 0 bridgehead atoms. The standard InChI is InChI=1S/C18H22FNS/c1-4-15(20)11-14-6-5-7-17(19)18(14)21-16-9-8-12(2)13(3)10-16/h5-10,15H,4,11,20H2,1-3H3. The van der Waals surface area contributed by atoms with Gasteiger partial charge < -0.3 is 5.73 Å². The summed E-state index contributed by atoms with van der Waals surface area (Å²) in [5, 5.41) is 0.